The van der Waals surface area contributed by atoms with Crippen molar-refractivity contribution < 1.29 is 0 Å². The van der Waals surface area contributed by atoms with Crippen molar-refractivity contribution in [2.75, 3.05) is 0 Å². The fourth-order valence-electron chi connectivity index (χ4n) is 6.16. The molecule has 0 aliphatic heterocycles. The van der Waals surface area contributed by atoms with Crippen molar-refractivity contribution in [2.45, 2.75) is 55.3 Å². The molecule has 0 atom stereocenters. The molecule has 3 aromatic carbocycles. The summed E-state index contributed by atoms with van der Waals surface area (Å²) in [6.07, 6.45) is 24.9. The average molecular weight is 724 g/mol. The van der Waals surface area contributed by atoms with Gasteiger partial charge in [-0.3, -0.25) is 0 Å². The molecule has 0 saturated heterocycles. The van der Waals surface area contributed by atoms with Crippen molar-refractivity contribution >= 4 is 64.7 Å². The smallest absolute Gasteiger partial charge is 0.164 e. The average Bonchev–Trinajstić information content (AvgIpc) is 3.62. The maximum Gasteiger partial charge on any atom is 0.164 e. The van der Waals surface area contributed by atoms with Crippen molar-refractivity contribution in [3.8, 4) is 22.8 Å². The molecule has 0 bridgehead atoms. The second-order valence-corrected chi connectivity index (χ2v) is 14.0. The first-order valence-electron chi connectivity index (χ1n) is 18.3. The minimum Gasteiger partial charge on any atom is -0.236 e. The topological polar surface area (TPSA) is 51.6 Å². The molecule has 0 saturated carbocycles. The lowest BCUT2D eigenvalue weighted by molar-refractivity contribution is 1.04. The maximum atomic E-state index is 5.11. The highest BCUT2D eigenvalue weighted by Gasteiger charge is 2.15. The number of allylic oxidation sites excluding steroid dienone is 12. The Balaban J connectivity index is 1.52. The number of fused-ring (bicyclic) bond motifs is 1. The van der Waals surface area contributed by atoms with E-state index in [4.69, 9.17) is 19.9 Å². The van der Waals surface area contributed by atoms with Gasteiger partial charge in [0.15, 0.2) is 24.8 Å². The lowest BCUT2D eigenvalue weighted by atomic mass is 9.71. The molecule has 0 amide bonds. The van der Waals surface area contributed by atoms with Gasteiger partial charge in [0.2, 0.25) is 0 Å². The zero-order valence-corrected chi connectivity index (χ0v) is 33.6. The second kappa shape index (κ2) is 18.4. The maximum absolute atomic E-state index is 5.11. The number of aromatic nitrogens is 4. The quantitative estimate of drug-likeness (QED) is 0.0950. The van der Waals surface area contributed by atoms with Crippen molar-refractivity contribution in [1.29, 1.82) is 0 Å². The molecule has 0 spiro atoms. The highest BCUT2D eigenvalue weighted by molar-refractivity contribution is 7.19. The van der Waals surface area contributed by atoms with Crippen molar-refractivity contribution in [1.82, 2.24) is 19.9 Å². The Bertz CT molecular complexity index is 2530. The summed E-state index contributed by atoms with van der Waals surface area (Å²) in [5.41, 5.74) is 11.9. The molecule has 5 aromatic rings. The van der Waals surface area contributed by atoms with E-state index in [1.165, 1.54) is 38.6 Å². The normalized spacial score (nSPS) is 13.7. The first-order chi connectivity index (χ1) is 26.1. The Labute approximate surface area is 325 Å². The van der Waals surface area contributed by atoms with Crippen LogP contribution in [-0.4, -0.2) is 27.2 Å². The number of thiazole rings is 1. The molecule has 0 aliphatic rings. The number of hydrogen-bond donors (Lipinski definition) is 0. The van der Waals surface area contributed by atoms with Gasteiger partial charge in [-0.15, -0.1) is 11.3 Å². The molecular weight excluding hydrogens is 675 g/mol. The molecule has 1 radical (unpaired) electrons. The zero-order chi connectivity index (χ0) is 38.8. The summed E-state index contributed by atoms with van der Waals surface area (Å²) in [6, 6.07) is 16.3. The van der Waals surface area contributed by atoms with Gasteiger partial charge in [-0.2, -0.15) is 0 Å². The van der Waals surface area contributed by atoms with E-state index >= 15 is 0 Å². The Hall–Kier alpha value is -5.72. The predicted molar refractivity (Wildman–Crippen MR) is 239 cm³/mol. The molecule has 2 aromatic heterocycles. The summed E-state index contributed by atoms with van der Waals surface area (Å²) in [4.78, 5) is 19.8. The summed E-state index contributed by atoms with van der Waals surface area (Å²) in [5.74, 6) is 1.82. The van der Waals surface area contributed by atoms with Gasteiger partial charge in [-0.05, 0) is 122 Å². The third-order valence-corrected chi connectivity index (χ3v) is 10.5. The van der Waals surface area contributed by atoms with Gasteiger partial charge >= 0.3 is 0 Å². The van der Waals surface area contributed by atoms with Gasteiger partial charge in [-0.25, -0.2) is 19.9 Å². The van der Waals surface area contributed by atoms with E-state index in [9.17, 15) is 0 Å². The Morgan fingerprint density at radius 1 is 0.778 bits per heavy atom. The highest BCUT2D eigenvalue weighted by Crippen LogP contribution is 2.32. The van der Waals surface area contributed by atoms with E-state index in [0.717, 1.165) is 42.6 Å². The zero-order valence-electron chi connectivity index (χ0n) is 32.7. The van der Waals surface area contributed by atoms with E-state index < -0.39 is 0 Å². The van der Waals surface area contributed by atoms with Crippen LogP contribution in [0.15, 0.2) is 121 Å². The molecule has 0 unspecified atom stereocenters. The van der Waals surface area contributed by atoms with E-state index in [0.29, 0.717) is 17.5 Å². The minimum atomic E-state index is 0.597. The number of hydrogen-bond acceptors (Lipinski definition) is 5. The Morgan fingerprint density at radius 2 is 1.46 bits per heavy atom. The molecule has 54 heavy (non-hydrogen) atoms. The van der Waals surface area contributed by atoms with Crippen LogP contribution >= 0.6 is 11.3 Å². The van der Waals surface area contributed by atoms with Gasteiger partial charge in [0.1, 0.15) is 5.01 Å². The molecular formula is C48H48BN4S. The van der Waals surface area contributed by atoms with Crippen LogP contribution in [0.5, 0.6) is 0 Å². The van der Waals surface area contributed by atoms with Crippen LogP contribution in [-0.2, 0) is 0 Å². The summed E-state index contributed by atoms with van der Waals surface area (Å²) < 4.78 is 1.10. The van der Waals surface area contributed by atoms with Gasteiger partial charge in [0, 0.05) is 16.7 Å². The van der Waals surface area contributed by atoms with Gasteiger partial charge < -0.3 is 0 Å². The fourth-order valence-corrected chi connectivity index (χ4v) is 7.15. The monoisotopic (exact) mass is 723 g/mol. The summed E-state index contributed by atoms with van der Waals surface area (Å²) in [6.45, 7) is 25.1. The molecule has 0 N–H and O–H groups in total. The van der Waals surface area contributed by atoms with Crippen LogP contribution in [0.3, 0.4) is 0 Å². The fraction of sp³-hybridized carbons (Fsp3) is 0.167. The molecule has 6 heteroatoms. The molecule has 5 rings (SSSR count). The lowest BCUT2D eigenvalue weighted by Crippen LogP contribution is -2.30. The van der Waals surface area contributed by atoms with E-state index in [1.807, 2.05) is 62.7 Å². The van der Waals surface area contributed by atoms with Crippen LogP contribution in [0, 0.1) is 13.8 Å². The van der Waals surface area contributed by atoms with Gasteiger partial charge in [0.25, 0.3) is 0 Å². The minimum absolute atomic E-state index is 0.597. The first-order valence-corrected chi connectivity index (χ1v) is 19.1. The van der Waals surface area contributed by atoms with Gasteiger partial charge in [0.05, 0.1) is 10.2 Å². The van der Waals surface area contributed by atoms with Crippen molar-refractivity contribution in [3.05, 3.63) is 164 Å². The largest absolute Gasteiger partial charge is 0.236 e. The molecule has 0 fully saturated rings. The Kier molecular flexibility index (Phi) is 13.4. The predicted octanol–water partition coefficient (Wildman–Crippen LogP) is 11.5. The molecule has 2 heterocycles. The first kappa shape index (κ1) is 39.5. The van der Waals surface area contributed by atoms with Crippen LogP contribution < -0.4 is 10.4 Å². The van der Waals surface area contributed by atoms with E-state index in [1.54, 1.807) is 17.4 Å². The summed E-state index contributed by atoms with van der Waals surface area (Å²) in [7, 11) is 2.00. The van der Waals surface area contributed by atoms with Gasteiger partial charge in [-0.1, -0.05) is 117 Å². The molecule has 4 nitrogen and oxygen atoms in total. The van der Waals surface area contributed by atoms with Crippen LogP contribution in [0.4, 0.5) is 0 Å². The molecule has 0 aliphatic carbocycles. The Morgan fingerprint density at radius 3 is 2.11 bits per heavy atom. The SMILES string of the molecule is C=C/C=C\C=C(/[B]C)c1nc(-c2ccccc2)nc(-c2ccc3sc(C(/C=C(C)/C(C)=C/C=c4/c(C)c(/C=C\C)c(/C=C\C)c(C)c4=C)=C/C)nc3c2)n1. The van der Waals surface area contributed by atoms with E-state index in [2.05, 4.69) is 128 Å². The van der Waals surface area contributed by atoms with Crippen LogP contribution in [0.25, 0.3) is 68.8 Å². The van der Waals surface area contributed by atoms with E-state index in [-0.39, 0.29) is 0 Å². The van der Waals surface area contributed by atoms with Crippen molar-refractivity contribution in [2.24, 2.45) is 0 Å². The second-order valence-electron chi connectivity index (χ2n) is 13.0. The van der Waals surface area contributed by atoms with Crippen molar-refractivity contribution in [3.63, 3.8) is 0 Å². The highest BCUT2D eigenvalue weighted by atomic mass is 32.1. The van der Waals surface area contributed by atoms with Crippen LogP contribution in [0.1, 0.15) is 67.7 Å². The lowest BCUT2D eigenvalue weighted by Gasteiger charge is -2.12. The number of rotatable bonds is 12. The summed E-state index contributed by atoms with van der Waals surface area (Å²) >= 11 is 1.68. The molecule has 269 valence electrons. The standard InChI is InChI=1S/C48H48BN4S/c1-11-15-17-24-42(49-10)47-52-45(37-22-18-16-19-23-37)51-46(53-47)38-26-28-44-43(30-38)50-48(54-44)36(14-4)29-32(6)31(5)25-27-39-33(7)34(8)40(20-12-2)41(21-13-3)35(39)9/h11-30H,1,7H2,2-6,8-10H3/b17-15-,20-12-,21-13-,31-25+,32-29+,36-14+,39-27+,42-24-. The third kappa shape index (κ3) is 8.90. The third-order valence-electron chi connectivity index (χ3n) is 9.40. The number of nitrogens with zero attached hydrogens (tertiary/aromatic N) is 4. The number of benzene rings is 3. The summed E-state index contributed by atoms with van der Waals surface area (Å²) in [5, 5.41) is 3.19. The van der Waals surface area contributed by atoms with Crippen LogP contribution in [0.2, 0.25) is 6.82 Å².